The lowest BCUT2D eigenvalue weighted by atomic mass is 10.2. The number of nitrogens with one attached hydrogen (secondary N) is 1. The molecule has 0 aliphatic carbocycles. The molecule has 0 atom stereocenters. The zero-order valence-electron chi connectivity index (χ0n) is 15.4. The minimum Gasteiger partial charge on any atom is -0.494 e. The summed E-state index contributed by atoms with van der Waals surface area (Å²) in [5.41, 5.74) is 1.45. The van der Waals surface area contributed by atoms with E-state index in [2.05, 4.69) is 5.32 Å². The molecule has 150 valence electrons. The lowest BCUT2D eigenvalue weighted by Crippen LogP contribution is -2.21. The van der Waals surface area contributed by atoms with E-state index in [4.69, 9.17) is 14.6 Å². The Bertz CT molecular complexity index is 926. The monoisotopic (exact) mass is 406 g/mol. The van der Waals surface area contributed by atoms with E-state index in [9.17, 15) is 18.0 Å². The third kappa shape index (κ3) is 7.37. The number of amides is 1. The topological polar surface area (TPSA) is 125 Å². The maximum atomic E-state index is 11.8. The largest absolute Gasteiger partial charge is 0.494 e. The number of hydrogen-bond donors (Lipinski definition) is 2. The number of nitrogens with two attached hydrogens (primary N) is 1. The Morgan fingerprint density at radius 2 is 1.82 bits per heavy atom. The first kappa shape index (κ1) is 21.4. The molecule has 0 saturated heterocycles. The number of sulfonamides is 1. The lowest BCUT2D eigenvalue weighted by Gasteiger charge is -2.08. The van der Waals surface area contributed by atoms with E-state index in [-0.39, 0.29) is 11.3 Å². The van der Waals surface area contributed by atoms with E-state index in [1.54, 1.807) is 0 Å². The van der Waals surface area contributed by atoms with Gasteiger partial charge in [0.15, 0.2) is 6.61 Å². The van der Waals surface area contributed by atoms with Crippen LogP contribution in [0.2, 0.25) is 0 Å². The highest BCUT2D eigenvalue weighted by molar-refractivity contribution is 7.89. The van der Waals surface area contributed by atoms with Gasteiger partial charge < -0.3 is 14.8 Å². The van der Waals surface area contributed by atoms with Gasteiger partial charge in [-0.05, 0) is 55.3 Å². The van der Waals surface area contributed by atoms with Crippen molar-refractivity contribution in [1.82, 2.24) is 0 Å². The summed E-state index contributed by atoms with van der Waals surface area (Å²) in [7, 11) is -3.79. The van der Waals surface area contributed by atoms with Crippen LogP contribution in [-0.2, 0) is 24.3 Å². The van der Waals surface area contributed by atoms with Gasteiger partial charge in [-0.1, -0.05) is 12.1 Å². The number of hydrogen-bond acceptors (Lipinski definition) is 6. The first-order chi connectivity index (χ1) is 13.2. The molecule has 1 amide bonds. The fourth-order valence-electron chi connectivity index (χ4n) is 2.25. The van der Waals surface area contributed by atoms with Crippen LogP contribution in [0.5, 0.6) is 5.75 Å². The summed E-state index contributed by atoms with van der Waals surface area (Å²) >= 11 is 0. The summed E-state index contributed by atoms with van der Waals surface area (Å²) < 4.78 is 32.8. The van der Waals surface area contributed by atoms with E-state index in [0.29, 0.717) is 18.7 Å². The molecule has 0 fully saturated rings. The summed E-state index contributed by atoms with van der Waals surface area (Å²) in [6.07, 6.45) is 0.589. The molecule has 28 heavy (non-hydrogen) atoms. The van der Waals surface area contributed by atoms with Gasteiger partial charge in [0, 0.05) is 12.1 Å². The highest BCUT2D eigenvalue weighted by atomic mass is 32.2. The molecule has 0 aliphatic rings. The minimum absolute atomic E-state index is 0.0650. The Morgan fingerprint density at radius 3 is 2.46 bits per heavy atom. The van der Waals surface area contributed by atoms with Crippen LogP contribution in [0.1, 0.15) is 18.4 Å². The molecular weight excluding hydrogens is 384 g/mol. The second-order valence-corrected chi connectivity index (χ2v) is 7.61. The van der Waals surface area contributed by atoms with Gasteiger partial charge in [-0.3, -0.25) is 9.59 Å². The van der Waals surface area contributed by atoms with Gasteiger partial charge in [0.25, 0.3) is 5.91 Å². The summed E-state index contributed by atoms with van der Waals surface area (Å²) in [6, 6.07) is 12.9. The average Bonchev–Trinajstić information content (AvgIpc) is 2.63. The van der Waals surface area contributed by atoms with Crippen LogP contribution in [0.3, 0.4) is 0 Å². The van der Waals surface area contributed by atoms with Gasteiger partial charge in [-0.15, -0.1) is 0 Å². The molecule has 0 aromatic heterocycles. The standard InChI is InChI=1S/C19H22N2O6S/c1-14-4-2-5-16(12-14)26-11-3-6-19(23)27-13-18(22)21-15-7-9-17(10-8-15)28(20,24)25/h2,4-5,7-10,12H,3,6,11,13H2,1H3,(H,21,22)(H2,20,24,25). The quantitative estimate of drug-likeness (QED) is 0.485. The molecule has 8 nitrogen and oxygen atoms in total. The van der Waals surface area contributed by atoms with Gasteiger partial charge in [0.05, 0.1) is 11.5 Å². The van der Waals surface area contributed by atoms with E-state index < -0.39 is 28.5 Å². The van der Waals surface area contributed by atoms with Gasteiger partial charge in [-0.2, -0.15) is 0 Å². The number of ether oxygens (including phenoxy) is 2. The highest BCUT2D eigenvalue weighted by Crippen LogP contribution is 2.13. The van der Waals surface area contributed by atoms with Crippen LogP contribution in [-0.4, -0.2) is 33.5 Å². The average molecular weight is 406 g/mol. The smallest absolute Gasteiger partial charge is 0.306 e. The van der Waals surface area contributed by atoms with Crippen molar-refractivity contribution in [3.63, 3.8) is 0 Å². The number of carbonyl (C=O) groups excluding carboxylic acids is 2. The van der Waals surface area contributed by atoms with Crippen LogP contribution < -0.4 is 15.2 Å². The number of esters is 1. The lowest BCUT2D eigenvalue weighted by molar-refractivity contribution is -0.147. The van der Waals surface area contributed by atoms with Crippen LogP contribution in [0.4, 0.5) is 5.69 Å². The van der Waals surface area contributed by atoms with Crippen molar-refractivity contribution >= 4 is 27.6 Å². The van der Waals surface area contributed by atoms with E-state index >= 15 is 0 Å². The fourth-order valence-corrected chi connectivity index (χ4v) is 2.77. The Hall–Kier alpha value is -2.91. The van der Waals surface area contributed by atoms with Crippen LogP contribution in [0, 0.1) is 6.92 Å². The van der Waals surface area contributed by atoms with Crippen LogP contribution >= 0.6 is 0 Å². The van der Waals surface area contributed by atoms with Crippen molar-refractivity contribution in [2.75, 3.05) is 18.5 Å². The van der Waals surface area contributed by atoms with Crippen molar-refractivity contribution in [3.8, 4) is 5.75 Å². The molecule has 2 rings (SSSR count). The number of benzene rings is 2. The van der Waals surface area contributed by atoms with Gasteiger partial charge in [0.1, 0.15) is 5.75 Å². The minimum atomic E-state index is -3.79. The van der Waals surface area contributed by atoms with E-state index in [0.717, 1.165) is 11.3 Å². The van der Waals surface area contributed by atoms with E-state index in [1.165, 1.54) is 24.3 Å². The maximum Gasteiger partial charge on any atom is 0.306 e. The third-order valence-corrected chi connectivity index (χ3v) is 4.54. The summed E-state index contributed by atoms with van der Waals surface area (Å²) in [5, 5.41) is 7.49. The third-order valence-electron chi connectivity index (χ3n) is 3.61. The molecule has 3 N–H and O–H groups in total. The number of rotatable bonds is 9. The van der Waals surface area contributed by atoms with Gasteiger partial charge in [-0.25, -0.2) is 13.6 Å². The van der Waals surface area contributed by atoms with Gasteiger partial charge in [0.2, 0.25) is 10.0 Å². The zero-order chi connectivity index (χ0) is 20.6. The zero-order valence-corrected chi connectivity index (χ0v) is 16.2. The normalized spacial score (nSPS) is 10.9. The Labute approximate surface area is 163 Å². The van der Waals surface area contributed by atoms with E-state index in [1.807, 2.05) is 31.2 Å². The number of carbonyl (C=O) groups is 2. The molecule has 2 aromatic carbocycles. The summed E-state index contributed by atoms with van der Waals surface area (Å²) in [5.74, 6) is -0.304. The van der Waals surface area contributed by atoms with Crippen molar-refractivity contribution in [2.45, 2.75) is 24.7 Å². The first-order valence-corrected chi connectivity index (χ1v) is 10.1. The SMILES string of the molecule is Cc1cccc(OCCCC(=O)OCC(=O)Nc2ccc(S(N)(=O)=O)cc2)c1. The van der Waals surface area contributed by atoms with Crippen LogP contribution in [0.15, 0.2) is 53.4 Å². The molecule has 0 radical (unpaired) electrons. The van der Waals surface area contributed by atoms with Gasteiger partial charge >= 0.3 is 5.97 Å². The molecular formula is C19H22N2O6S. The molecule has 0 unspecified atom stereocenters. The number of anilines is 1. The second-order valence-electron chi connectivity index (χ2n) is 6.05. The molecule has 0 bridgehead atoms. The second kappa shape index (κ2) is 9.86. The van der Waals surface area contributed by atoms with Crippen molar-refractivity contribution in [3.05, 3.63) is 54.1 Å². The number of primary sulfonamides is 1. The molecule has 9 heteroatoms. The number of aryl methyl sites for hydroxylation is 1. The Morgan fingerprint density at radius 1 is 1.11 bits per heavy atom. The predicted octanol–water partition coefficient (Wildman–Crippen LogP) is 1.98. The Balaban J connectivity index is 1.66. The van der Waals surface area contributed by atoms with Crippen molar-refractivity contribution < 1.29 is 27.5 Å². The van der Waals surface area contributed by atoms with Crippen molar-refractivity contribution in [1.29, 1.82) is 0 Å². The first-order valence-electron chi connectivity index (χ1n) is 8.52. The Kier molecular flexibility index (Phi) is 7.53. The highest BCUT2D eigenvalue weighted by Gasteiger charge is 2.10. The molecule has 0 aliphatic heterocycles. The fraction of sp³-hybridized carbons (Fsp3) is 0.263. The van der Waals surface area contributed by atoms with Crippen molar-refractivity contribution in [2.24, 2.45) is 5.14 Å². The maximum absolute atomic E-state index is 11.8. The molecule has 0 spiro atoms. The molecule has 0 heterocycles. The summed E-state index contributed by atoms with van der Waals surface area (Å²) in [6.45, 7) is 1.89. The molecule has 0 saturated carbocycles. The van der Waals surface area contributed by atoms with Crippen LogP contribution in [0.25, 0.3) is 0 Å². The summed E-state index contributed by atoms with van der Waals surface area (Å²) in [4.78, 5) is 23.4. The molecule has 2 aromatic rings. The predicted molar refractivity (Wildman–Crippen MR) is 103 cm³/mol.